The molecule has 1 amide bonds. The highest BCUT2D eigenvalue weighted by Crippen LogP contribution is 2.10. The molecule has 4 nitrogen and oxygen atoms in total. The van der Waals surface area contributed by atoms with Crippen LogP contribution in [-0.2, 0) is 4.79 Å². The third-order valence-electron chi connectivity index (χ3n) is 2.58. The molecule has 1 unspecified atom stereocenters. The number of nitrogens with one attached hydrogen (secondary N) is 1. The molecule has 0 heterocycles. The van der Waals surface area contributed by atoms with Crippen LogP contribution in [0.4, 0.5) is 0 Å². The van der Waals surface area contributed by atoms with E-state index in [0.717, 1.165) is 5.56 Å². The van der Waals surface area contributed by atoms with Crippen LogP contribution >= 0.6 is 0 Å². The second kappa shape index (κ2) is 7.59. The number of aliphatic hydroxyl groups excluding tert-OH is 1. The van der Waals surface area contributed by atoms with E-state index in [1.54, 1.807) is 30.3 Å². The van der Waals surface area contributed by atoms with Crippen LogP contribution in [0.2, 0.25) is 0 Å². The Kier molecular flexibility index (Phi) is 6.09. The molecule has 1 rings (SSSR count). The Bertz CT molecular complexity index is 424. The summed E-state index contributed by atoms with van der Waals surface area (Å²) in [4.78, 5) is 11.5. The monoisotopic (exact) mass is 263 g/mol. The molecule has 1 aromatic rings. The minimum absolute atomic E-state index is 0.193. The smallest absolute Gasteiger partial charge is 0.244 e. The number of hydrogen-bond donors (Lipinski definition) is 3. The van der Waals surface area contributed by atoms with Gasteiger partial charge in [-0.2, -0.15) is 0 Å². The first-order chi connectivity index (χ1) is 8.97. The lowest BCUT2D eigenvalue weighted by Crippen LogP contribution is -2.31. The minimum atomic E-state index is -0.508. The Morgan fingerprint density at radius 3 is 2.53 bits per heavy atom. The van der Waals surface area contributed by atoms with E-state index in [9.17, 15) is 9.90 Å². The summed E-state index contributed by atoms with van der Waals surface area (Å²) in [6, 6.07) is 6.55. The van der Waals surface area contributed by atoms with Crippen LogP contribution in [0.1, 0.15) is 25.8 Å². The predicted molar refractivity (Wildman–Crippen MR) is 75.6 cm³/mol. The normalized spacial score (nSPS) is 12.8. The Balaban J connectivity index is 2.36. The summed E-state index contributed by atoms with van der Waals surface area (Å²) in [5.74, 6) is 0.355. The fraction of sp³-hybridized carbons (Fsp3) is 0.400. The number of carbonyl (C=O) groups is 1. The van der Waals surface area contributed by atoms with Crippen LogP contribution in [-0.4, -0.2) is 28.8 Å². The maximum absolute atomic E-state index is 11.5. The Morgan fingerprint density at radius 2 is 1.95 bits per heavy atom. The fourth-order valence-electron chi connectivity index (χ4n) is 1.66. The molecule has 0 bridgehead atoms. The third kappa shape index (κ3) is 6.62. The first-order valence-corrected chi connectivity index (χ1v) is 6.40. The van der Waals surface area contributed by atoms with E-state index in [2.05, 4.69) is 5.32 Å². The van der Waals surface area contributed by atoms with E-state index < -0.39 is 6.10 Å². The number of benzene rings is 1. The highest BCUT2D eigenvalue weighted by Gasteiger charge is 2.07. The van der Waals surface area contributed by atoms with Crippen molar-refractivity contribution in [1.82, 2.24) is 5.32 Å². The molecular formula is C15H21NO3. The Morgan fingerprint density at radius 1 is 1.32 bits per heavy atom. The van der Waals surface area contributed by atoms with Crippen LogP contribution in [0.5, 0.6) is 5.75 Å². The van der Waals surface area contributed by atoms with Gasteiger partial charge in [0.1, 0.15) is 5.75 Å². The quantitative estimate of drug-likeness (QED) is 0.687. The van der Waals surface area contributed by atoms with E-state index >= 15 is 0 Å². The largest absolute Gasteiger partial charge is 0.508 e. The fourth-order valence-corrected chi connectivity index (χ4v) is 1.66. The maximum atomic E-state index is 11.5. The number of rotatable bonds is 6. The summed E-state index contributed by atoms with van der Waals surface area (Å²) >= 11 is 0. The molecule has 0 saturated heterocycles. The molecule has 0 saturated carbocycles. The number of hydrogen-bond acceptors (Lipinski definition) is 3. The van der Waals surface area contributed by atoms with Crippen LogP contribution in [0.25, 0.3) is 6.08 Å². The topological polar surface area (TPSA) is 69.6 Å². The summed E-state index contributed by atoms with van der Waals surface area (Å²) in [5, 5.41) is 21.4. The van der Waals surface area contributed by atoms with Crippen LogP contribution in [0.15, 0.2) is 30.3 Å². The maximum Gasteiger partial charge on any atom is 0.244 e. The molecular weight excluding hydrogens is 242 g/mol. The van der Waals surface area contributed by atoms with Crippen molar-refractivity contribution >= 4 is 12.0 Å². The molecule has 0 radical (unpaired) electrons. The second-order valence-electron chi connectivity index (χ2n) is 4.95. The van der Waals surface area contributed by atoms with Crippen LogP contribution < -0.4 is 5.32 Å². The lowest BCUT2D eigenvalue weighted by atomic mass is 10.1. The van der Waals surface area contributed by atoms with Crippen molar-refractivity contribution in [3.05, 3.63) is 35.9 Å². The van der Waals surface area contributed by atoms with Gasteiger partial charge in [0, 0.05) is 12.6 Å². The van der Waals surface area contributed by atoms with E-state index in [1.807, 2.05) is 13.8 Å². The van der Waals surface area contributed by atoms with Gasteiger partial charge < -0.3 is 15.5 Å². The molecule has 19 heavy (non-hydrogen) atoms. The summed E-state index contributed by atoms with van der Waals surface area (Å²) in [6.45, 7) is 4.31. The summed E-state index contributed by atoms with van der Waals surface area (Å²) < 4.78 is 0. The zero-order valence-corrected chi connectivity index (χ0v) is 11.3. The second-order valence-corrected chi connectivity index (χ2v) is 4.95. The van der Waals surface area contributed by atoms with Gasteiger partial charge in [-0.3, -0.25) is 4.79 Å². The van der Waals surface area contributed by atoms with Crippen molar-refractivity contribution < 1.29 is 15.0 Å². The van der Waals surface area contributed by atoms with E-state index in [-0.39, 0.29) is 18.2 Å². The SMILES string of the molecule is CC(C)CC(O)CNC(=O)/C=C/c1ccc(O)cc1. The first kappa shape index (κ1) is 15.2. The van der Waals surface area contributed by atoms with Gasteiger partial charge in [0.2, 0.25) is 5.91 Å². The van der Waals surface area contributed by atoms with Crippen molar-refractivity contribution in [2.45, 2.75) is 26.4 Å². The number of carbonyl (C=O) groups excluding carboxylic acids is 1. The van der Waals surface area contributed by atoms with Gasteiger partial charge in [-0.05, 0) is 36.1 Å². The summed E-state index contributed by atoms with van der Waals surface area (Å²) in [6.07, 6.45) is 3.23. The van der Waals surface area contributed by atoms with E-state index in [0.29, 0.717) is 12.3 Å². The standard InChI is InChI=1S/C15H21NO3/c1-11(2)9-14(18)10-16-15(19)8-5-12-3-6-13(17)7-4-12/h3-8,11,14,17-18H,9-10H2,1-2H3,(H,16,19)/b8-5+. The molecule has 0 fully saturated rings. The van der Waals surface area contributed by atoms with Gasteiger partial charge in [0.05, 0.1) is 6.10 Å². The number of aliphatic hydroxyl groups is 1. The molecule has 0 aliphatic rings. The predicted octanol–water partition coefficient (Wildman–Crippen LogP) is 1.93. The average Bonchev–Trinajstić information content (AvgIpc) is 2.35. The molecule has 0 aliphatic carbocycles. The highest BCUT2D eigenvalue weighted by molar-refractivity contribution is 5.91. The van der Waals surface area contributed by atoms with Crippen molar-refractivity contribution in [3.8, 4) is 5.75 Å². The lowest BCUT2D eigenvalue weighted by Gasteiger charge is -2.12. The Labute approximate surface area is 113 Å². The van der Waals surface area contributed by atoms with Gasteiger partial charge >= 0.3 is 0 Å². The highest BCUT2D eigenvalue weighted by atomic mass is 16.3. The van der Waals surface area contributed by atoms with Crippen molar-refractivity contribution in [2.75, 3.05) is 6.54 Å². The van der Waals surface area contributed by atoms with Crippen LogP contribution in [0, 0.1) is 5.92 Å². The zero-order valence-electron chi connectivity index (χ0n) is 11.3. The summed E-state index contributed by atoms with van der Waals surface area (Å²) in [5.41, 5.74) is 0.829. The molecule has 3 N–H and O–H groups in total. The molecule has 0 spiro atoms. The molecule has 1 aromatic carbocycles. The number of phenolic OH excluding ortho intramolecular Hbond substituents is 1. The minimum Gasteiger partial charge on any atom is -0.508 e. The molecule has 104 valence electrons. The number of amides is 1. The van der Waals surface area contributed by atoms with Gasteiger partial charge in [-0.15, -0.1) is 0 Å². The van der Waals surface area contributed by atoms with Gasteiger partial charge in [-0.1, -0.05) is 26.0 Å². The molecule has 4 heteroatoms. The van der Waals surface area contributed by atoms with Crippen LogP contribution in [0.3, 0.4) is 0 Å². The Hall–Kier alpha value is -1.81. The van der Waals surface area contributed by atoms with Crippen molar-refractivity contribution in [2.24, 2.45) is 5.92 Å². The molecule has 1 atom stereocenters. The third-order valence-corrected chi connectivity index (χ3v) is 2.58. The summed E-state index contributed by atoms with van der Waals surface area (Å²) in [7, 11) is 0. The van der Waals surface area contributed by atoms with E-state index in [1.165, 1.54) is 6.08 Å². The van der Waals surface area contributed by atoms with Gasteiger partial charge in [-0.25, -0.2) is 0 Å². The van der Waals surface area contributed by atoms with Gasteiger partial charge in [0.25, 0.3) is 0 Å². The van der Waals surface area contributed by atoms with Crippen molar-refractivity contribution in [1.29, 1.82) is 0 Å². The van der Waals surface area contributed by atoms with E-state index in [4.69, 9.17) is 5.11 Å². The molecule has 0 aromatic heterocycles. The van der Waals surface area contributed by atoms with Gasteiger partial charge in [0.15, 0.2) is 0 Å². The number of phenols is 1. The average molecular weight is 263 g/mol. The zero-order chi connectivity index (χ0) is 14.3. The number of aromatic hydroxyl groups is 1. The molecule has 0 aliphatic heterocycles. The van der Waals surface area contributed by atoms with Crippen molar-refractivity contribution in [3.63, 3.8) is 0 Å². The first-order valence-electron chi connectivity index (χ1n) is 6.40. The lowest BCUT2D eigenvalue weighted by molar-refractivity contribution is -0.116.